The van der Waals surface area contributed by atoms with Crippen LogP contribution in [-0.2, 0) is 5.41 Å². The Bertz CT molecular complexity index is 417. The minimum atomic E-state index is -0.107. The zero-order valence-electron chi connectivity index (χ0n) is 13.2. The zero-order chi connectivity index (χ0) is 15.2. The van der Waals surface area contributed by atoms with Crippen molar-refractivity contribution in [3.63, 3.8) is 0 Å². The average molecular weight is 297 g/mol. The molecule has 1 heterocycles. The van der Waals surface area contributed by atoms with Crippen molar-refractivity contribution in [3.05, 3.63) is 11.9 Å². The van der Waals surface area contributed by atoms with Crippen LogP contribution in [0.3, 0.4) is 0 Å². The Labute approximate surface area is 126 Å². The molecule has 0 amide bonds. The maximum absolute atomic E-state index is 5.49. The van der Waals surface area contributed by atoms with E-state index < -0.39 is 0 Å². The standard InChI is InChI=1S/C14H27N5S/c1-6-20-8-7-10(2)16-11-9-12(19-15)18-13(17-11)14(3,4)5/h9-10H,6-8,15H2,1-5H3,(H2,16,17,18,19). The monoisotopic (exact) mass is 297 g/mol. The summed E-state index contributed by atoms with van der Waals surface area (Å²) in [5, 5.41) is 3.43. The van der Waals surface area contributed by atoms with Crippen molar-refractivity contribution < 1.29 is 0 Å². The fourth-order valence-electron chi connectivity index (χ4n) is 1.66. The lowest BCUT2D eigenvalue weighted by atomic mass is 9.96. The van der Waals surface area contributed by atoms with E-state index in [-0.39, 0.29) is 5.41 Å². The van der Waals surface area contributed by atoms with Gasteiger partial charge in [0.1, 0.15) is 17.5 Å². The van der Waals surface area contributed by atoms with E-state index in [1.165, 1.54) is 0 Å². The van der Waals surface area contributed by atoms with Gasteiger partial charge in [-0.2, -0.15) is 11.8 Å². The molecule has 1 aromatic rings. The molecule has 1 aromatic heterocycles. The van der Waals surface area contributed by atoms with E-state index in [1.54, 1.807) is 0 Å². The first-order valence-corrected chi connectivity index (χ1v) is 8.22. The molecule has 114 valence electrons. The van der Waals surface area contributed by atoms with E-state index in [0.29, 0.717) is 11.9 Å². The summed E-state index contributed by atoms with van der Waals surface area (Å²) < 4.78 is 0. The van der Waals surface area contributed by atoms with Crippen molar-refractivity contribution in [3.8, 4) is 0 Å². The molecule has 0 bridgehead atoms. The minimum absolute atomic E-state index is 0.107. The first kappa shape index (κ1) is 17.0. The Balaban J connectivity index is 2.78. The molecule has 0 aliphatic heterocycles. The number of thioether (sulfide) groups is 1. The van der Waals surface area contributed by atoms with Gasteiger partial charge in [-0.1, -0.05) is 27.7 Å². The fourth-order valence-corrected chi connectivity index (χ4v) is 2.47. The number of nitrogens with one attached hydrogen (secondary N) is 2. The Morgan fingerprint density at radius 1 is 1.30 bits per heavy atom. The van der Waals surface area contributed by atoms with Crippen molar-refractivity contribution >= 4 is 23.4 Å². The lowest BCUT2D eigenvalue weighted by molar-refractivity contribution is 0.546. The van der Waals surface area contributed by atoms with Crippen molar-refractivity contribution in [1.82, 2.24) is 9.97 Å². The van der Waals surface area contributed by atoms with Gasteiger partial charge in [0.05, 0.1) is 0 Å². The van der Waals surface area contributed by atoms with Crippen molar-refractivity contribution in [2.24, 2.45) is 5.84 Å². The van der Waals surface area contributed by atoms with Crippen LogP contribution >= 0.6 is 11.8 Å². The van der Waals surface area contributed by atoms with Crippen LogP contribution in [0.4, 0.5) is 11.6 Å². The molecule has 1 rings (SSSR count). The predicted octanol–water partition coefficient (Wildman–Crippen LogP) is 3.00. The molecule has 0 aliphatic rings. The van der Waals surface area contributed by atoms with Crippen molar-refractivity contribution in [2.45, 2.75) is 52.5 Å². The van der Waals surface area contributed by atoms with E-state index in [0.717, 1.165) is 29.6 Å². The Kier molecular flexibility index (Phi) is 6.55. The molecule has 1 atom stereocenters. The third-order valence-corrected chi connectivity index (χ3v) is 3.77. The van der Waals surface area contributed by atoms with Gasteiger partial charge in [-0.3, -0.25) is 0 Å². The van der Waals surface area contributed by atoms with E-state index in [1.807, 2.05) is 17.8 Å². The quantitative estimate of drug-likeness (QED) is 0.408. The molecule has 4 N–H and O–H groups in total. The van der Waals surface area contributed by atoms with Crippen LogP contribution in [-0.4, -0.2) is 27.5 Å². The normalized spacial score (nSPS) is 13.1. The molecule has 0 fully saturated rings. The maximum atomic E-state index is 5.49. The van der Waals surface area contributed by atoms with Crippen LogP contribution in [0.15, 0.2) is 6.07 Å². The van der Waals surface area contributed by atoms with E-state index in [4.69, 9.17) is 5.84 Å². The summed E-state index contributed by atoms with van der Waals surface area (Å²) in [5.41, 5.74) is 2.50. The van der Waals surface area contributed by atoms with Crippen LogP contribution in [0.2, 0.25) is 0 Å². The second-order valence-electron chi connectivity index (χ2n) is 5.89. The van der Waals surface area contributed by atoms with E-state index in [2.05, 4.69) is 55.3 Å². The number of anilines is 2. The molecule has 0 spiro atoms. The summed E-state index contributed by atoms with van der Waals surface area (Å²) in [6.07, 6.45) is 1.11. The summed E-state index contributed by atoms with van der Waals surface area (Å²) in [7, 11) is 0. The summed E-state index contributed by atoms with van der Waals surface area (Å²) in [6, 6.07) is 2.22. The Morgan fingerprint density at radius 3 is 2.50 bits per heavy atom. The number of nitrogens with zero attached hydrogens (tertiary/aromatic N) is 2. The number of nitrogen functional groups attached to an aromatic ring is 1. The SMILES string of the molecule is CCSCCC(C)Nc1cc(NN)nc(C(C)(C)C)n1. The topological polar surface area (TPSA) is 75.9 Å². The Hall–Kier alpha value is -1.01. The van der Waals surface area contributed by atoms with Crippen LogP contribution in [0.25, 0.3) is 0 Å². The lowest BCUT2D eigenvalue weighted by Crippen LogP contribution is -2.22. The van der Waals surface area contributed by atoms with E-state index in [9.17, 15) is 0 Å². The summed E-state index contributed by atoms with van der Waals surface area (Å²) >= 11 is 1.96. The van der Waals surface area contributed by atoms with Crippen molar-refractivity contribution in [2.75, 3.05) is 22.2 Å². The molecule has 0 radical (unpaired) electrons. The smallest absolute Gasteiger partial charge is 0.145 e. The first-order chi connectivity index (χ1) is 9.36. The second-order valence-corrected chi connectivity index (χ2v) is 7.28. The van der Waals surface area contributed by atoms with Crippen LogP contribution in [0.1, 0.15) is 46.9 Å². The summed E-state index contributed by atoms with van der Waals surface area (Å²) in [6.45, 7) is 10.6. The zero-order valence-corrected chi connectivity index (χ0v) is 14.0. The highest BCUT2D eigenvalue weighted by molar-refractivity contribution is 7.99. The minimum Gasteiger partial charge on any atom is -0.367 e. The molecule has 0 aromatic carbocycles. The second kappa shape index (κ2) is 7.69. The largest absolute Gasteiger partial charge is 0.367 e. The highest BCUT2D eigenvalue weighted by Gasteiger charge is 2.19. The average Bonchev–Trinajstić information content (AvgIpc) is 2.37. The van der Waals surface area contributed by atoms with Gasteiger partial charge < -0.3 is 10.7 Å². The number of aromatic nitrogens is 2. The summed E-state index contributed by atoms with van der Waals surface area (Å²) in [5.74, 6) is 10.1. The highest BCUT2D eigenvalue weighted by atomic mass is 32.2. The molecule has 20 heavy (non-hydrogen) atoms. The molecule has 1 unspecified atom stereocenters. The summed E-state index contributed by atoms with van der Waals surface area (Å²) in [4.78, 5) is 9.01. The van der Waals surface area contributed by atoms with E-state index >= 15 is 0 Å². The van der Waals surface area contributed by atoms with Gasteiger partial charge in [0.25, 0.3) is 0 Å². The molecule has 0 aliphatic carbocycles. The van der Waals surface area contributed by atoms with Crippen molar-refractivity contribution in [1.29, 1.82) is 0 Å². The number of rotatable bonds is 7. The van der Waals surface area contributed by atoms with Crippen LogP contribution in [0.5, 0.6) is 0 Å². The third-order valence-electron chi connectivity index (χ3n) is 2.84. The number of hydrogen-bond acceptors (Lipinski definition) is 6. The molecule has 0 saturated carbocycles. The number of hydrazine groups is 1. The van der Waals surface area contributed by atoms with Crippen LogP contribution < -0.4 is 16.6 Å². The first-order valence-electron chi connectivity index (χ1n) is 7.07. The molecular weight excluding hydrogens is 270 g/mol. The van der Waals surface area contributed by atoms with Gasteiger partial charge in [0.15, 0.2) is 0 Å². The third kappa shape index (κ3) is 5.54. The van der Waals surface area contributed by atoms with Crippen LogP contribution in [0, 0.1) is 0 Å². The maximum Gasteiger partial charge on any atom is 0.145 e. The molecule has 6 heteroatoms. The number of nitrogens with two attached hydrogens (primary N) is 1. The Morgan fingerprint density at radius 2 is 1.95 bits per heavy atom. The van der Waals surface area contributed by atoms with Gasteiger partial charge in [0, 0.05) is 17.5 Å². The predicted molar refractivity (Wildman–Crippen MR) is 89.2 cm³/mol. The molecule has 0 saturated heterocycles. The van der Waals surface area contributed by atoms with Gasteiger partial charge in [-0.25, -0.2) is 15.8 Å². The van der Waals surface area contributed by atoms with Gasteiger partial charge in [0.2, 0.25) is 0 Å². The van der Waals surface area contributed by atoms with Gasteiger partial charge in [-0.15, -0.1) is 0 Å². The lowest BCUT2D eigenvalue weighted by Gasteiger charge is -2.20. The fraction of sp³-hybridized carbons (Fsp3) is 0.714. The highest BCUT2D eigenvalue weighted by Crippen LogP contribution is 2.22. The van der Waals surface area contributed by atoms with Gasteiger partial charge in [-0.05, 0) is 24.9 Å². The molecule has 5 nitrogen and oxygen atoms in total. The van der Waals surface area contributed by atoms with Gasteiger partial charge >= 0.3 is 0 Å². The molecular formula is C14H27N5S. The number of hydrogen-bond donors (Lipinski definition) is 3.